The Kier molecular flexibility index (Phi) is 6.76. The van der Waals surface area contributed by atoms with Gasteiger partial charge < -0.3 is 9.84 Å². The molecule has 33 heavy (non-hydrogen) atoms. The summed E-state index contributed by atoms with van der Waals surface area (Å²) in [7, 11) is 0. The third kappa shape index (κ3) is 4.62. The van der Waals surface area contributed by atoms with Gasteiger partial charge in [0.15, 0.2) is 0 Å². The lowest BCUT2D eigenvalue weighted by atomic mass is 9.95. The standard InChI is InChI=1S/C24H22ClN3O4S/c1-3-4-12-32-18-7-5-6-16(13-18)20-19(21(29)15-8-10-17(25)11-9-15)22(30)23(31)28(20)24-27-26-14(2)33-24/h5-11,13,20,29H,3-4,12H2,1-2H3. The number of halogens is 1. The molecule has 0 saturated carbocycles. The minimum absolute atomic E-state index is 0.0270. The van der Waals surface area contributed by atoms with Crippen LogP contribution in [-0.4, -0.2) is 33.6 Å². The third-order valence-corrected chi connectivity index (χ3v) is 6.31. The molecule has 4 rings (SSSR count). The summed E-state index contributed by atoms with van der Waals surface area (Å²) in [6, 6.07) is 12.7. The van der Waals surface area contributed by atoms with E-state index in [1.807, 2.05) is 6.07 Å². The lowest BCUT2D eigenvalue weighted by Gasteiger charge is -2.23. The number of unbranched alkanes of at least 4 members (excludes halogenated alkanes) is 1. The molecule has 2 aromatic carbocycles. The molecule has 1 unspecified atom stereocenters. The Balaban J connectivity index is 1.86. The minimum atomic E-state index is -0.886. The van der Waals surface area contributed by atoms with Gasteiger partial charge in [-0.1, -0.05) is 48.4 Å². The van der Waals surface area contributed by atoms with Crippen LogP contribution in [0.1, 0.15) is 41.9 Å². The number of aryl methyl sites for hydroxylation is 1. The highest BCUT2D eigenvalue weighted by atomic mass is 35.5. The fourth-order valence-electron chi connectivity index (χ4n) is 3.60. The summed E-state index contributed by atoms with van der Waals surface area (Å²) < 4.78 is 5.83. The number of nitrogens with zero attached hydrogens (tertiary/aromatic N) is 3. The monoisotopic (exact) mass is 483 g/mol. The molecule has 1 saturated heterocycles. The number of rotatable bonds is 7. The van der Waals surface area contributed by atoms with Gasteiger partial charge in [0.05, 0.1) is 18.2 Å². The number of anilines is 1. The topological polar surface area (TPSA) is 92.6 Å². The van der Waals surface area contributed by atoms with Gasteiger partial charge in [0, 0.05) is 10.6 Å². The molecule has 0 radical (unpaired) electrons. The smallest absolute Gasteiger partial charge is 0.301 e. The molecule has 2 heterocycles. The number of ketones is 1. The van der Waals surface area contributed by atoms with Gasteiger partial charge in [-0.05, 0) is 55.3 Å². The largest absolute Gasteiger partial charge is 0.507 e. The van der Waals surface area contributed by atoms with Crippen LogP contribution in [0.5, 0.6) is 5.75 Å². The summed E-state index contributed by atoms with van der Waals surface area (Å²) in [6.07, 6.45) is 1.90. The Morgan fingerprint density at radius 2 is 1.94 bits per heavy atom. The highest BCUT2D eigenvalue weighted by Gasteiger charge is 2.48. The van der Waals surface area contributed by atoms with Crippen molar-refractivity contribution < 1.29 is 19.4 Å². The third-order valence-electron chi connectivity index (χ3n) is 5.22. The quantitative estimate of drug-likeness (QED) is 0.212. The van der Waals surface area contributed by atoms with E-state index < -0.39 is 17.7 Å². The Bertz CT molecular complexity index is 1220. The van der Waals surface area contributed by atoms with Gasteiger partial charge in [-0.3, -0.25) is 14.5 Å². The van der Waals surface area contributed by atoms with E-state index in [2.05, 4.69) is 17.1 Å². The van der Waals surface area contributed by atoms with Gasteiger partial charge in [0.25, 0.3) is 5.78 Å². The summed E-state index contributed by atoms with van der Waals surface area (Å²) in [4.78, 5) is 27.6. The number of hydrogen-bond donors (Lipinski definition) is 1. The van der Waals surface area contributed by atoms with E-state index in [4.69, 9.17) is 16.3 Å². The van der Waals surface area contributed by atoms with Crippen LogP contribution in [0.25, 0.3) is 5.76 Å². The number of aliphatic hydroxyl groups excluding tert-OH is 1. The molecule has 1 N–H and O–H groups in total. The second-order valence-electron chi connectivity index (χ2n) is 7.55. The zero-order valence-electron chi connectivity index (χ0n) is 18.1. The van der Waals surface area contributed by atoms with Crippen molar-refractivity contribution in [3.8, 4) is 5.75 Å². The first-order valence-electron chi connectivity index (χ1n) is 10.5. The number of hydrogen-bond acceptors (Lipinski definition) is 7. The van der Waals surface area contributed by atoms with Crippen molar-refractivity contribution in [3.63, 3.8) is 0 Å². The van der Waals surface area contributed by atoms with Crippen molar-refractivity contribution in [2.75, 3.05) is 11.5 Å². The molecule has 9 heteroatoms. The first-order chi connectivity index (χ1) is 15.9. The lowest BCUT2D eigenvalue weighted by Crippen LogP contribution is -2.29. The van der Waals surface area contributed by atoms with Crippen molar-refractivity contribution in [2.45, 2.75) is 32.7 Å². The van der Waals surface area contributed by atoms with E-state index in [0.29, 0.717) is 33.5 Å². The number of Topliss-reactive ketones (excluding diaryl/α,β-unsaturated/α-hetero) is 1. The van der Waals surface area contributed by atoms with Crippen LogP contribution in [0.4, 0.5) is 5.13 Å². The van der Waals surface area contributed by atoms with Crippen LogP contribution in [0.15, 0.2) is 54.1 Å². The van der Waals surface area contributed by atoms with E-state index in [1.54, 1.807) is 49.4 Å². The fourth-order valence-corrected chi connectivity index (χ4v) is 4.44. The highest BCUT2D eigenvalue weighted by molar-refractivity contribution is 7.15. The van der Waals surface area contributed by atoms with Crippen LogP contribution in [0.3, 0.4) is 0 Å². The first-order valence-corrected chi connectivity index (χ1v) is 11.7. The van der Waals surface area contributed by atoms with Crippen molar-refractivity contribution in [2.24, 2.45) is 0 Å². The van der Waals surface area contributed by atoms with Gasteiger partial charge in [-0.2, -0.15) is 0 Å². The highest BCUT2D eigenvalue weighted by Crippen LogP contribution is 2.43. The predicted octanol–water partition coefficient (Wildman–Crippen LogP) is 5.31. The summed E-state index contributed by atoms with van der Waals surface area (Å²) in [5.74, 6) is -1.23. The van der Waals surface area contributed by atoms with Crippen LogP contribution in [0.2, 0.25) is 5.02 Å². The van der Waals surface area contributed by atoms with Gasteiger partial charge in [-0.15, -0.1) is 10.2 Å². The second kappa shape index (κ2) is 9.72. The maximum Gasteiger partial charge on any atom is 0.301 e. The molecule has 1 aromatic heterocycles. The van der Waals surface area contributed by atoms with Crippen molar-refractivity contribution in [1.29, 1.82) is 0 Å². The van der Waals surface area contributed by atoms with Crippen LogP contribution in [-0.2, 0) is 9.59 Å². The number of carbonyl (C=O) groups excluding carboxylic acids is 2. The van der Waals surface area contributed by atoms with E-state index in [9.17, 15) is 14.7 Å². The number of ether oxygens (including phenoxy) is 1. The van der Waals surface area contributed by atoms with Crippen LogP contribution >= 0.6 is 22.9 Å². The summed E-state index contributed by atoms with van der Waals surface area (Å²) in [5.41, 5.74) is 0.971. The van der Waals surface area contributed by atoms with Crippen LogP contribution in [0, 0.1) is 6.92 Å². The number of aliphatic hydroxyl groups is 1. The molecule has 1 amide bonds. The molecule has 1 atom stereocenters. The summed E-state index contributed by atoms with van der Waals surface area (Å²) in [5, 5.41) is 20.6. The SMILES string of the molecule is CCCCOc1cccc(C2C(=C(O)c3ccc(Cl)cc3)C(=O)C(=O)N2c2nnc(C)s2)c1. The average Bonchev–Trinajstić information content (AvgIpc) is 3.35. The maximum absolute atomic E-state index is 13.1. The zero-order chi connectivity index (χ0) is 23.5. The molecule has 0 bridgehead atoms. The molecule has 170 valence electrons. The number of amides is 1. The number of carbonyl (C=O) groups is 2. The first kappa shape index (κ1) is 22.9. The van der Waals surface area contributed by atoms with E-state index in [1.165, 1.54) is 16.2 Å². The average molecular weight is 484 g/mol. The lowest BCUT2D eigenvalue weighted by molar-refractivity contribution is -0.132. The second-order valence-corrected chi connectivity index (χ2v) is 9.15. The van der Waals surface area contributed by atoms with E-state index in [-0.39, 0.29) is 16.5 Å². The molecule has 1 fully saturated rings. The molecule has 1 aliphatic rings. The molecular formula is C24H22ClN3O4S. The van der Waals surface area contributed by atoms with Crippen molar-refractivity contribution in [1.82, 2.24) is 10.2 Å². The predicted molar refractivity (Wildman–Crippen MR) is 128 cm³/mol. The minimum Gasteiger partial charge on any atom is -0.507 e. The molecule has 3 aromatic rings. The number of aromatic nitrogens is 2. The summed E-state index contributed by atoms with van der Waals surface area (Å²) >= 11 is 7.17. The zero-order valence-corrected chi connectivity index (χ0v) is 19.7. The molecule has 0 aliphatic carbocycles. The van der Waals surface area contributed by atoms with Gasteiger partial charge in [-0.25, -0.2) is 0 Å². The molecule has 7 nitrogen and oxygen atoms in total. The Labute approximate surface area is 200 Å². The molecule has 0 spiro atoms. The fraction of sp³-hybridized carbons (Fsp3) is 0.250. The van der Waals surface area contributed by atoms with E-state index in [0.717, 1.165) is 12.8 Å². The number of benzene rings is 2. The van der Waals surface area contributed by atoms with E-state index >= 15 is 0 Å². The van der Waals surface area contributed by atoms with Gasteiger partial charge >= 0.3 is 5.91 Å². The van der Waals surface area contributed by atoms with Crippen molar-refractivity contribution >= 4 is 45.5 Å². The van der Waals surface area contributed by atoms with Gasteiger partial charge in [0.2, 0.25) is 5.13 Å². The molecular weight excluding hydrogens is 462 g/mol. The van der Waals surface area contributed by atoms with Crippen LogP contribution < -0.4 is 9.64 Å². The Hall–Kier alpha value is -3.23. The summed E-state index contributed by atoms with van der Waals surface area (Å²) in [6.45, 7) is 4.40. The normalized spacial score (nSPS) is 17.5. The van der Waals surface area contributed by atoms with Crippen molar-refractivity contribution in [3.05, 3.63) is 75.3 Å². The van der Waals surface area contributed by atoms with Gasteiger partial charge in [0.1, 0.15) is 16.5 Å². The molecule has 1 aliphatic heterocycles. The Morgan fingerprint density at radius 3 is 2.61 bits per heavy atom. The Morgan fingerprint density at radius 1 is 1.18 bits per heavy atom. The maximum atomic E-state index is 13.1.